The standard InChI is InChI=1S/C16H22N2O2S/c1-2-3-4-5-6-13-18-21(19,20)15-11-7-9-14-10-8-12-17-16(14)15/h7-12,18H,2-6,13H2,1H3. The van der Waals surface area contributed by atoms with E-state index in [-0.39, 0.29) is 4.90 Å². The largest absolute Gasteiger partial charge is 0.255 e. The van der Waals surface area contributed by atoms with Gasteiger partial charge in [-0.2, -0.15) is 0 Å². The molecule has 0 aliphatic carbocycles. The van der Waals surface area contributed by atoms with E-state index in [2.05, 4.69) is 16.6 Å². The van der Waals surface area contributed by atoms with Crippen molar-refractivity contribution in [2.75, 3.05) is 6.54 Å². The zero-order valence-corrected chi connectivity index (χ0v) is 13.2. The van der Waals surface area contributed by atoms with E-state index in [1.54, 1.807) is 24.4 Å². The fraction of sp³-hybridized carbons (Fsp3) is 0.438. The minimum atomic E-state index is -3.49. The molecule has 0 atom stereocenters. The SMILES string of the molecule is CCCCCCCNS(=O)(=O)c1cccc2cccnc12. The number of rotatable bonds is 8. The zero-order chi connectivity index (χ0) is 15.1. The average Bonchev–Trinajstić information content (AvgIpc) is 2.50. The van der Waals surface area contributed by atoms with Gasteiger partial charge in [0.2, 0.25) is 10.0 Å². The number of unbranched alkanes of at least 4 members (excludes halogenated alkanes) is 4. The number of hydrogen-bond acceptors (Lipinski definition) is 3. The topological polar surface area (TPSA) is 59.1 Å². The summed E-state index contributed by atoms with van der Waals surface area (Å²) in [5.74, 6) is 0. The summed E-state index contributed by atoms with van der Waals surface area (Å²) in [6, 6.07) is 8.90. The summed E-state index contributed by atoms with van der Waals surface area (Å²) in [6.45, 7) is 2.64. The molecule has 0 unspecified atom stereocenters. The van der Waals surface area contributed by atoms with E-state index in [1.807, 2.05) is 12.1 Å². The van der Waals surface area contributed by atoms with Crippen molar-refractivity contribution in [3.63, 3.8) is 0 Å². The van der Waals surface area contributed by atoms with Crippen molar-refractivity contribution in [3.05, 3.63) is 36.5 Å². The van der Waals surface area contributed by atoms with Crippen LogP contribution >= 0.6 is 0 Å². The molecule has 21 heavy (non-hydrogen) atoms. The van der Waals surface area contributed by atoms with Crippen LogP contribution in [0.3, 0.4) is 0 Å². The van der Waals surface area contributed by atoms with Crippen molar-refractivity contribution in [2.45, 2.75) is 43.9 Å². The fourth-order valence-corrected chi connectivity index (χ4v) is 3.56. The molecule has 0 radical (unpaired) electrons. The van der Waals surface area contributed by atoms with Gasteiger partial charge in [0.05, 0.1) is 5.52 Å². The summed E-state index contributed by atoms with van der Waals surface area (Å²) in [4.78, 5) is 4.46. The summed E-state index contributed by atoms with van der Waals surface area (Å²) in [5, 5.41) is 0.836. The predicted molar refractivity (Wildman–Crippen MR) is 85.7 cm³/mol. The van der Waals surface area contributed by atoms with Crippen molar-refractivity contribution < 1.29 is 8.42 Å². The molecule has 5 heteroatoms. The molecule has 1 heterocycles. The number of hydrogen-bond donors (Lipinski definition) is 1. The van der Waals surface area contributed by atoms with E-state index in [0.29, 0.717) is 12.1 Å². The Morgan fingerprint density at radius 3 is 2.62 bits per heavy atom. The molecule has 4 nitrogen and oxygen atoms in total. The number of pyridine rings is 1. The Labute approximate surface area is 126 Å². The lowest BCUT2D eigenvalue weighted by Crippen LogP contribution is -2.25. The number of nitrogens with one attached hydrogen (secondary N) is 1. The third-order valence-electron chi connectivity index (χ3n) is 3.46. The normalized spacial score (nSPS) is 11.9. The molecule has 0 aliphatic heterocycles. The van der Waals surface area contributed by atoms with Crippen molar-refractivity contribution in [1.82, 2.24) is 9.71 Å². The van der Waals surface area contributed by atoms with Crippen molar-refractivity contribution in [1.29, 1.82) is 0 Å². The Morgan fingerprint density at radius 2 is 1.81 bits per heavy atom. The minimum absolute atomic E-state index is 0.258. The van der Waals surface area contributed by atoms with Gasteiger partial charge in [-0.15, -0.1) is 0 Å². The maximum absolute atomic E-state index is 12.4. The molecule has 0 spiro atoms. The molecule has 0 amide bonds. The van der Waals surface area contributed by atoms with Crippen LogP contribution in [-0.4, -0.2) is 19.9 Å². The molecular weight excluding hydrogens is 284 g/mol. The first-order valence-electron chi connectivity index (χ1n) is 7.48. The summed E-state index contributed by atoms with van der Waals surface area (Å²) < 4.78 is 27.4. The van der Waals surface area contributed by atoms with Crippen LogP contribution in [0, 0.1) is 0 Å². The quantitative estimate of drug-likeness (QED) is 0.760. The average molecular weight is 306 g/mol. The summed E-state index contributed by atoms with van der Waals surface area (Å²) in [5.41, 5.74) is 0.526. The number of sulfonamides is 1. The Balaban J connectivity index is 2.05. The van der Waals surface area contributed by atoms with Gasteiger partial charge in [-0.3, -0.25) is 4.98 Å². The Kier molecular flexibility index (Phi) is 5.70. The van der Waals surface area contributed by atoms with Gasteiger partial charge in [0, 0.05) is 18.1 Å². The molecule has 1 aromatic carbocycles. The van der Waals surface area contributed by atoms with E-state index in [1.165, 1.54) is 12.8 Å². The van der Waals surface area contributed by atoms with Crippen LogP contribution in [0.1, 0.15) is 39.0 Å². The summed E-state index contributed by atoms with van der Waals surface area (Å²) in [6.07, 6.45) is 7.11. The van der Waals surface area contributed by atoms with Gasteiger partial charge < -0.3 is 0 Å². The molecular formula is C16H22N2O2S. The number of fused-ring (bicyclic) bond motifs is 1. The molecule has 0 saturated carbocycles. The highest BCUT2D eigenvalue weighted by atomic mass is 32.2. The van der Waals surface area contributed by atoms with Gasteiger partial charge in [-0.25, -0.2) is 13.1 Å². The maximum atomic E-state index is 12.4. The molecule has 2 aromatic rings. The highest BCUT2D eigenvalue weighted by Crippen LogP contribution is 2.20. The van der Waals surface area contributed by atoms with Gasteiger partial charge >= 0.3 is 0 Å². The Hall–Kier alpha value is -1.46. The number of para-hydroxylation sites is 1. The lowest BCUT2D eigenvalue weighted by molar-refractivity contribution is 0.571. The molecule has 1 aromatic heterocycles. The van der Waals surface area contributed by atoms with E-state index < -0.39 is 10.0 Å². The van der Waals surface area contributed by atoms with Crippen molar-refractivity contribution in [2.24, 2.45) is 0 Å². The lowest BCUT2D eigenvalue weighted by Gasteiger charge is -2.08. The third-order valence-corrected chi connectivity index (χ3v) is 4.95. The van der Waals surface area contributed by atoms with Gasteiger partial charge in [0.1, 0.15) is 4.90 Å². The second-order valence-electron chi connectivity index (χ2n) is 5.14. The van der Waals surface area contributed by atoms with E-state index in [0.717, 1.165) is 24.6 Å². The van der Waals surface area contributed by atoms with Crippen LogP contribution < -0.4 is 4.72 Å². The first-order chi connectivity index (χ1) is 10.1. The van der Waals surface area contributed by atoms with Crippen LogP contribution in [0.25, 0.3) is 10.9 Å². The summed E-state index contributed by atoms with van der Waals surface area (Å²) in [7, 11) is -3.49. The second kappa shape index (κ2) is 7.52. The second-order valence-corrected chi connectivity index (χ2v) is 6.88. The van der Waals surface area contributed by atoms with Crippen molar-refractivity contribution in [3.8, 4) is 0 Å². The van der Waals surface area contributed by atoms with Gasteiger partial charge in [0.25, 0.3) is 0 Å². The molecule has 1 N–H and O–H groups in total. The monoisotopic (exact) mass is 306 g/mol. The molecule has 0 aliphatic rings. The zero-order valence-electron chi connectivity index (χ0n) is 12.4. The molecule has 0 fully saturated rings. The maximum Gasteiger partial charge on any atom is 0.242 e. The molecule has 2 rings (SSSR count). The van der Waals surface area contributed by atoms with Crippen LogP contribution in [0.5, 0.6) is 0 Å². The minimum Gasteiger partial charge on any atom is -0.255 e. The first kappa shape index (κ1) is 15.9. The van der Waals surface area contributed by atoms with E-state index >= 15 is 0 Å². The van der Waals surface area contributed by atoms with E-state index in [9.17, 15) is 8.42 Å². The van der Waals surface area contributed by atoms with E-state index in [4.69, 9.17) is 0 Å². The Bertz CT molecular complexity index is 678. The van der Waals surface area contributed by atoms with Crippen LogP contribution in [0.2, 0.25) is 0 Å². The fourth-order valence-electron chi connectivity index (χ4n) is 2.31. The number of benzene rings is 1. The lowest BCUT2D eigenvalue weighted by atomic mass is 10.2. The smallest absolute Gasteiger partial charge is 0.242 e. The summed E-state index contributed by atoms with van der Waals surface area (Å²) >= 11 is 0. The van der Waals surface area contributed by atoms with Crippen molar-refractivity contribution >= 4 is 20.9 Å². The van der Waals surface area contributed by atoms with Crippen LogP contribution in [0.4, 0.5) is 0 Å². The number of nitrogens with zero attached hydrogens (tertiary/aromatic N) is 1. The third kappa shape index (κ3) is 4.25. The number of aromatic nitrogens is 1. The first-order valence-corrected chi connectivity index (χ1v) is 8.97. The van der Waals surface area contributed by atoms with Gasteiger partial charge in [-0.1, -0.05) is 50.8 Å². The van der Waals surface area contributed by atoms with Gasteiger partial charge in [0.15, 0.2) is 0 Å². The Morgan fingerprint density at radius 1 is 1.05 bits per heavy atom. The predicted octanol–water partition coefficient (Wildman–Crippen LogP) is 3.48. The molecule has 114 valence electrons. The van der Waals surface area contributed by atoms with Gasteiger partial charge in [-0.05, 0) is 18.6 Å². The highest BCUT2D eigenvalue weighted by Gasteiger charge is 2.17. The van der Waals surface area contributed by atoms with Crippen LogP contribution in [0.15, 0.2) is 41.4 Å². The molecule has 0 saturated heterocycles. The van der Waals surface area contributed by atoms with Crippen LogP contribution in [-0.2, 0) is 10.0 Å². The molecule has 0 bridgehead atoms. The highest BCUT2D eigenvalue weighted by molar-refractivity contribution is 7.89.